The van der Waals surface area contributed by atoms with Gasteiger partial charge in [-0.25, -0.2) is 13.1 Å². The zero-order valence-electron chi connectivity index (χ0n) is 11.3. The van der Waals surface area contributed by atoms with E-state index in [0.29, 0.717) is 11.1 Å². The van der Waals surface area contributed by atoms with Gasteiger partial charge in [-0.1, -0.05) is 6.07 Å². The lowest BCUT2D eigenvalue weighted by atomic mass is 10.2. The molecule has 0 fully saturated rings. The van der Waals surface area contributed by atoms with Gasteiger partial charge in [0.15, 0.2) is 0 Å². The normalized spacial score (nSPS) is 13.6. The van der Waals surface area contributed by atoms with Gasteiger partial charge in [-0.2, -0.15) is 0 Å². The quantitative estimate of drug-likeness (QED) is 0.646. The van der Waals surface area contributed by atoms with Crippen LogP contribution in [-0.2, 0) is 10.0 Å². The van der Waals surface area contributed by atoms with Gasteiger partial charge in [-0.15, -0.1) is 11.3 Å². The molecule has 2 heterocycles. The number of rotatable bonds is 4. The van der Waals surface area contributed by atoms with Gasteiger partial charge < -0.3 is 10.7 Å². The maximum atomic E-state index is 12.6. The van der Waals surface area contributed by atoms with Crippen LogP contribution in [0.2, 0.25) is 0 Å². The fraction of sp³-hybridized carbons (Fsp3) is 0.143. The third-order valence-corrected chi connectivity index (χ3v) is 5.89. The Morgan fingerprint density at radius 2 is 2.14 bits per heavy atom. The number of benzene rings is 1. The monoisotopic (exact) mass is 321 g/mol. The SMILES string of the molecule is CC(NS(=O)(=O)c1c[nH]c2ccc(N)cc12)c1cccs1. The van der Waals surface area contributed by atoms with Crippen LogP contribution in [0.1, 0.15) is 17.8 Å². The minimum Gasteiger partial charge on any atom is -0.399 e. The standard InChI is InChI=1S/C14H15N3O2S2/c1-9(13-3-2-6-20-13)17-21(18,19)14-8-16-12-5-4-10(15)7-11(12)14/h2-9,16-17H,15H2,1H3. The van der Waals surface area contributed by atoms with Gasteiger partial charge in [0.1, 0.15) is 4.90 Å². The second-order valence-corrected chi connectivity index (χ2v) is 7.48. The minimum atomic E-state index is -3.62. The fourth-order valence-corrected chi connectivity index (χ4v) is 4.43. The van der Waals surface area contributed by atoms with Gasteiger partial charge in [0, 0.05) is 27.7 Å². The number of hydrogen-bond acceptors (Lipinski definition) is 4. The molecule has 0 bridgehead atoms. The Bertz CT molecular complexity index is 867. The number of aromatic nitrogens is 1. The van der Waals surface area contributed by atoms with E-state index in [0.717, 1.165) is 10.4 Å². The highest BCUT2D eigenvalue weighted by atomic mass is 32.2. The van der Waals surface area contributed by atoms with Crippen molar-refractivity contribution < 1.29 is 8.42 Å². The molecule has 5 nitrogen and oxygen atoms in total. The number of nitrogens with one attached hydrogen (secondary N) is 2. The third-order valence-electron chi connectivity index (χ3n) is 3.26. The molecule has 7 heteroatoms. The molecule has 0 saturated carbocycles. The Morgan fingerprint density at radius 1 is 1.33 bits per heavy atom. The molecule has 0 spiro atoms. The molecule has 0 saturated heterocycles. The van der Waals surface area contributed by atoms with Gasteiger partial charge in [0.25, 0.3) is 0 Å². The number of fused-ring (bicyclic) bond motifs is 1. The molecule has 0 aliphatic heterocycles. The number of thiophene rings is 1. The van der Waals surface area contributed by atoms with Crippen molar-refractivity contribution in [3.63, 3.8) is 0 Å². The number of hydrogen-bond donors (Lipinski definition) is 3. The minimum absolute atomic E-state index is 0.216. The first-order valence-electron chi connectivity index (χ1n) is 6.40. The molecular formula is C14H15N3O2S2. The predicted octanol–water partition coefficient (Wildman–Crippen LogP) is 2.85. The molecule has 0 amide bonds. The van der Waals surface area contributed by atoms with E-state index in [2.05, 4.69) is 9.71 Å². The molecular weight excluding hydrogens is 306 g/mol. The second kappa shape index (κ2) is 5.18. The highest BCUT2D eigenvalue weighted by Crippen LogP contribution is 2.27. The molecule has 1 atom stereocenters. The van der Waals surface area contributed by atoms with Crippen molar-refractivity contribution in [1.29, 1.82) is 0 Å². The van der Waals surface area contributed by atoms with Crippen molar-refractivity contribution in [2.45, 2.75) is 17.9 Å². The van der Waals surface area contributed by atoms with E-state index in [1.54, 1.807) is 18.2 Å². The molecule has 1 aromatic carbocycles. The van der Waals surface area contributed by atoms with E-state index >= 15 is 0 Å². The van der Waals surface area contributed by atoms with Crippen LogP contribution in [0.5, 0.6) is 0 Å². The van der Waals surface area contributed by atoms with Crippen molar-refractivity contribution in [3.05, 3.63) is 46.8 Å². The van der Waals surface area contributed by atoms with Crippen molar-refractivity contribution in [3.8, 4) is 0 Å². The van der Waals surface area contributed by atoms with Crippen LogP contribution < -0.4 is 10.5 Å². The van der Waals surface area contributed by atoms with E-state index in [1.807, 2.05) is 24.4 Å². The Hall–Kier alpha value is -1.83. The molecule has 0 aliphatic carbocycles. The van der Waals surface area contributed by atoms with Crippen molar-refractivity contribution >= 4 is 38.0 Å². The van der Waals surface area contributed by atoms with Crippen LogP contribution in [0.15, 0.2) is 46.8 Å². The number of aromatic amines is 1. The van der Waals surface area contributed by atoms with E-state index in [-0.39, 0.29) is 10.9 Å². The molecule has 3 aromatic rings. The zero-order chi connectivity index (χ0) is 15.0. The maximum absolute atomic E-state index is 12.6. The van der Waals surface area contributed by atoms with Crippen molar-refractivity contribution in [2.75, 3.05) is 5.73 Å². The highest BCUT2D eigenvalue weighted by Gasteiger charge is 2.22. The van der Waals surface area contributed by atoms with Crippen LogP contribution in [0.4, 0.5) is 5.69 Å². The predicted molar refractivity (Wildman–Crippen MR) is 85.8 cm³/mol. The Labute approximate surface area is 126 Å². The molecule has 0 radical (unpaired) electrons. The molecule has 1 unspecified atom stereocenters. The number of nitrogen functional groups attached to an aromatic ring is 1. The number of H-pyrrole nitrogens is 1. The first-order valence-corrected chi connectivity index (χ1v) is 8.76. The summed E-state index contributed by atoms with van der Waals surface area (Å²) in [5, 5.41) is 2.52. The summed E-state index contributed by atoms with van der Waals surface area (Å²) in [4.78, 5) is 4.14. The third kappa shape index (κ3) is 2.67. The summed E-state index contributed by atoms with van der Waals surface area (Å²) in [5.41, 5.74) is 7.02. The summed E-state index contributed by atoms with van der Waals surface area (Å²) < 4.78 is 27.8. The molecule has 110 valence electrons. The Kier molecular flexibility index (Phi) is 3.48. The highest BCUT2D eigenvalue weighted by molar-refractivity contribution is 7.89. The summed E-state index contributed by atoms with van der Waals surface area (Å²) in [6.07, 6.45) is 1.49. The van der Waals surface area contributed by atoms with Crippen LogP contribution in [0, 0.1) is 0 Å². The van der Waals surface area contributed by atoms with Gasteiger partial charge in [0.2, 0.25) is 10.0 Å². The lowest BCUT2D eigenvalue weighted by molar-refractivity contribution is 0.569. The van der Waals surface area contributed by atoms with Crippen LogP contribution >= 0.6 is 11.3 Å². The molecule has 2 aromatic heterocycles. The van der Waals surface area contributed by atoms with Gasteiger partial charge in [0.05, 0.1) is 6.04 Å². The summed E-state index contributed by atoms with van der Waals surface area (Å²) in [6.45, 7) is 1.83. The van der Waals surface area contributed by atoms with Crippen LogP contribution in [-0.4, -0.2) is 13.4 Å². The Balaban J connectivity index is 1.98. The molecule has 3 rings (SSSR count). The van der Waals surface area contributed by atoms with E-state index in [4.69, 9.17) is 5.73 Å². The van der Waals surface area contributed by atoms with Gasteiger partial charge >= 0.3 is 0 Å². The average Bonchev–Trinajstić information content (AvgIpc) is 3.07. The first-order chi connectivity index (χ1) is 9.97. The summed E-state index contributed by atoms with van der Waals surface area (Å²) in [6, 6.07) is 8.70. The van der Waals surface area contributed by atoms with E-state index < -0.39 is 10.0 Å². The summed E-state index contributed by atoms with van der Waals surface area (Å²) in [5.74, 6) is 0. The molecule has 21 heavy (non-hydrogen) atoms. The smallest absolute Gasteiger partial charge is 0.243 e. The average molecular weight is 321 g/mol. The summed E-state index contributed by atoms with van der Waals surface area (Å²) >= 11 is 1.52. The molecule has 0 aliphatic rings. The van der Waals surface area contributed by atoms with Gasteiger partial charge in [-0.3, -0.25) is 0 Å². The lowest BCUT2D eigenvalue weighted by Gasteiger charge is -2.12. The second-order valence-electron chi connectivity index (χ2n) is 4.82. The van der Waals surface area contributed by atoms with Crippen LogP contribution in [0.3, 0.4) is 0 Å². The van der Waals surface area contributed by atoms with E-state index in [9.17, 15) is 8.42 Å². The number of anilines is 1. The topological polar surface area (TPSA) is 88.0 Å². The number of sulfonamides is 1. The van der Waals surface area contributed by atoms with Crippen molar-refractivity contribution in [1.82, 2.24) is 9.71 Å². The zero-order valence-corrected chi connectivity index (χ0v) is 13.0. The van der Waals surface area contributed by atoms with Crippen LogP contribution in [0.25, 0.3) is 10.9 Å². The molecule has 4 N–H and O–H groups in total. The van der Waals surface area contributed by atoms with Crippen molar-refractivity contribution in [2.24, 2.45) is 0 Å². The largest absolute Gasteiger partial charge is 0.399 e. The first kappa shape index (κ1) is 14.1. The lowest BCUT2D eigenvalue weighted by Crippen LogP contribution is -2.26. The summed E-state index contributed by atoms with van der Waals surface area (Å²) in [7, 11) is -3.62. The van der Waals surface area contributed by atoms with Gasteiger partial charge in [-0.05, 0) is 36.6 Å². The maximum Gasteiger partial charge on any atom is 0.243 e. The number of nitrogens with two attached hydrogens (primary N) is 1. The fourth-order valence-electron chi connectivity index (χ4n) is 2.23. The Morgan fingerprint density at radius 3 is 2.86 bits per heavy atom. The van der Waals surface area contributed by atoms with E-state index in [1.165, 1.54) is 17.5 Å².